The van der Waals surface area contributed by atoms with Crippen molar-refractivity contribution < 1.29 is 4.79 Å². The first-order valence-corrected chi connectivity index (χ1v) is 9.32. The number of carbonyl (C=O) groups excluding carboxylic acids is 1. The molecule has 0 spiro atoms. The van der Waals surface area contributed by atoms with Crippen LogP contribution in [0, 0.1) is 5.92 Å². The van der Waals surface area contributed by atoms with Gasteiger partial charge in [-0.3, -0.25) is 4.79 Å². The van der Waals surface area contributed by atoms with E-state index in [0.717, 1.165) is 59.5 Å². The molecule has 4 rings (SSSR count). The number of aromatic nitrogens is 2. The Bertz CT molecular complexity index is 925. The zero-order valence-electron chi connectivity index (χ0n) is 15.0. The molecule has 5 heteroatoms. The summed E-state index contributed by atoms with van der Waals surface area (Å²) in [7, 11) is 1.89. The van der Waals surface area contributed by atoms with Gasteiger partial charge in [0.2, 0.25) is 5.91 Å². The molecule has 0 saturated heterocycles. The van der Waals surface area contributed by atoms with Gasteiger partial charge in [-0.2, -0.15) is 0 Å². The predicted molar refractivity (Wildman–Crippen MR) is 106 cm³/mol. The molecule has 1 heterocycles. The van der Waals surface area contributed by atoms with Gasteiger partial charge in [0.15, 0.2) is 0 Å². The first-order valence-electron chi connectivity index (χ1n) is 9.32. The summed E-state index contributed by atoms with van der Waals surface area (Å²) < 4.78 is 0. The zero-order chi connectivity index (χ0) is 17.9. The van der Waals surface area contributed by atoms with E-state index < -0.39 is 0 Å². The number of hydrogen-bond donors (Lipinski definition) is 3. The van der Waals surface area contributed by atoms with E-state index in [0.29, 0.717) is 0 Å². The molecule has 1 aromatic heterocycles. The highest BCUT2D eigenvalue weighted by Gasteiger charge is 2.21. The van der Waals surface area contributed by atoms with Crippen LogP contribution in [0.1, 0.15) is 32.1 Å². The van der Waals surface area contributed by atoms with Crippen molar-refractivity contribution in [2.24, 2.45) is 5.92 Å². The number of amides is 1. The Morgan fingerprint density at radius 2 is 1.92 bits per heavy atom. The molecule has 1 fully saturated rings. The summed E-state index contributed by atoms with van der Waals surface area (Å²) in [5.41, 5.74) is 4.69. The highest BCUT2D eigenvalue weighted by atomic mass is 16.1. The summed E-state index contributed by atoms with van der Waals surface area (Å²) >= 11 is 0. The van der Waals surface area contributed by atoms with Gasteiger partial charge in [0.25, 0.3) is 0 Å². The molecule has 0 unspecified atom stereocenters. The fourth-order valence-corrected chi connectivity index (χ4v) is 3.72. The lowest BCUT2D eigenvalue weighted by Crippen LogP contribution is -2.24. The molecule has 134 valence electrons. The number of carbonyl (C=O) groups is 1. The van der Waals surface area contributed by atoms with Gasteiger partial charge in [0, 0.05) is 24.2 Å². The Hall–Kier alpha value is -2.82. The van der Waals surface area contributed by atoms with Crippen molar-refractivity contribution in [1.29, 1.82) is 0 Å². The van der Waals surface area contributed by atoms with Gasteiger partial charge in [-0.05, 0) is 37.1 Å². The normalized spacial score (nSPS) is 15.1. The quantitative estimate of drug-likeness (QED) is 0.635. The minimum atomic E-state index is 0.143. The summed E-state index contributed by atoms with van der Waals surface area (Å²) in [5.74, 6) is 1.09. The molecule has 26 heavy (non-hydrogen) atoms. The molecule has 1 saturated carbocycles. The lowest BCUT2D eigenvalue weighted by molar-refractivity contribution is -0.120. The van der Waals surface area contributed by atoms with Crippen LogP contribution in [0.3, 0.4) is 0 Å². The number of hydrogen-bond acceptors (Lipinski definition) is 3. The van der Waals surface area contributed by atoms with Crippen LogP contribution < -0.4 is 10.6 Å². The molecule has 1 amide bonds. The van der Waals surface area contributed by atoms with Crippen molar-refractivity contribution in [3.8, 4) is 11.4 Å². The van der Waals surface area contributed by atoms with Crippen LogP contribution in [0.15, 0.2) is 42.5 Å². The monoisotopic (exact) mass is 348 g/mol. The maximum atomic E-state index is 12.5. The highest BCUT2D eigenvalue weighted by Crippen LogP contribution is 2.28. The fourth-order valence-electron chi connectivity index (χ4n) is 3.72. The van der Waals surface area contributed by atoms with E-state index in [-0.39, 0.29) is 11.8 Å². The molecule has 0 radical (unpaired) electrons. The molecule has 5 nitrogen and oxygen atoms in total. The number of nitrogens with one attached hydrogen (secondary N) is 3. The molecule has 1 aliphatic carbocycles. The average Bonchev–Trinajstić information content (AvgIpc) is 3.13. The van der Waals surface area contributed by atoms with Gasteiger partial charge in [0.05, 0.1) is 11.2 Å². The standard InChI is InChI=1S/C21H24N4O/c1-22-17-11-6-12-18-19(17)25-20(24-18)15-9-5-10-16(13-15)23-21(26)14-7-3-2-4-8-14/h5-6,9-14,22H,2-4,7-8H2,1H3,(H,23,26)(H,24,25). The Balaban J connectivity index is 1.58. The van der Waals surface area contributed by atoms with Crippen LogP contribution in [-0.2, 0) is 4.79 Å². The Kier molecular flexibility index (Phi) is 4.61. The summed E-state index contributed by atoms with van der Waals surface area (Å²) in [6, 6.07) is 13.9. The topological polar surface area (TPSA) is 69.8 Å². The van der Waals surface area contributed by atoms with Gasteiger partial charge < -0.3 is 15.6 Å². The maximum Gasteiger partial charge on any atom is 0.227 e. The van der Waals surface area contributed by atoms with Gasteiger partial charge in [-0.15, -0.1) is 0 Å². The lowest BCUT2D eigenvalue weighted by Gasteiger charge is -2.20. The summed E-state index contributed by atoms with van der Waals surface area (Å²) in [4.78, 5) is 20.6. The molecule has 3 aromatic rings. The van der Waals surface area contributed by atoms with E-state index in [4.69, 9.17) is 4.98 Å². The number of H-pyrrole nitrogens is 1. The Labute approximate surface area is 153 Å². The lowest BCUT2D eigenvalue weighted by atomic mass is 9.88. The smallest absolute Gasteiger partial charge is 0.227 e. The SMILES string of the molecule is CNc1cccc2[nH]c(-c3cccc(NC(=O)C4CCCCC4)c3)nc12. The van der Waals surface area contributed by atoms with Gasteiger partial charge >= 0.3 is 0 Å². The second-order valence-corrected chi connectivity index (χ2v) is 6.94. The number of imidazole rings is 1. The number of rotatable bonds is 4. The van der Waals surface area contributed by atoms with E-state index >= 15 is 0 Å². The zero-order valence-corrected chi connectivity index (χ0v) is 15.0. The molecule has 3 N–H and O–H groups in total. The van der Waals surface area contributed by atoms with Gasteiger partial charge in [-0.1, -0.05) is 37.5 Å². The van der Waals surface area contributed by atoms with E-state index in [1.807, 2.05) is 49.5 Å². The maximum absolute atomic E-state index is 12.5. The van der Waals surface area contributed by atoms with Crippen LogP contribution in [0.5, 0.6) is 0 Å². The third kappa shape index (κ3) is 3.29. The Morgan fingerprint density at radius 1 is 1.12 bits per heavy atom. The third-order valence-corrected chi connectivity index (χ3v) is 5.16. The van der Waals surface area contributed by atoms with Crippen LogP contribution in [-0.4, -0.2) is 22.9 Å². The first-order chi connectivity index (χ1) is 12.7. The third-order valence-electron chi connectivity index (χ3n) is 5.16. The molecule has 1 aliphatic rings. The number of anilines is 2. The van der Waals surface area contributed by atoms with Crippen LogP contribution in [0.4, 0.5) is 11.4 Å². The van der Waals surface area contributed by atoms with E-state index in [2.05, 4.69) is 15.6 Å². The molecule has 0 atom stereocenters. The van der Waals surface area contributed by atoms with Crippen molar-refractivity contribution in [3.05, 3.63) is 42.5 Å². The van der Waals surface area contributed by atoms with E-state index in [9.17, 15) is 4.79 Å². The van der Waals surface area contributed by atoms with Crippen LogP contribution in [0.25, 0.3) is 22.4 Å². The summed E-state index contributed by atoms with van der Waals surface area (Å²) in [6.45, 7) is 0. The molecule has 0 bridgehead atoms. The minimum Gasteiger partial charge on any atom is -0.386 e. The second kappa shape index (κ2) is 7.20. The average molecular weight is 348 g/mol. The van der Waals surface area contributed by atoms with Crippen molar-refractivity contribution in [1.82, 2.24) is 9.97 Å². The number of nitrogens with zero attached hydrogens (tertiary/aromatic N) is 1. The van der Waals surface area contributed by atoms with Crippen molar-refractivity contribution in [2.75, 3.05) is 17.7 Å². The summed E-state index contributed by atoms with van der Waals surface area (Å²) in [5, 5.41) is 6.25. The fraction of sp³-hybridized carbons (Fsp3) is 0.333. The Morgan fingerprint density at radius 3 is 2.73 bits per heavy atom. The van der Waals surface area contributed by atoms with E-state index in [1.54, 1.807) is 0 Å². The van der Waals surface area contributed by atoms with Gasteiger partial charge in [-0.25, -0.2) is 4.98 Å². The van der Waals surface area contributed by atoms with Crippen molar-refractivity contribution >= 4 is 28.3 Å². The predicted octanol–water partition coefficient (Wildman–Crippen LogP) is 4.79. The first kappa shape index (κ1) is 16.6. The second-order valence-electron chi connectivity index (χ2n) is 6.94. The number of para-hydroxylation sites is 1. The van der Waals surface area contributed by atoms with Crippen LogP contribution >= 0.6 is 0 Å². The van der Waals surface area contributed by atoms with Crippen molar-refractivity contribution in [2.45, 2.75) is 32.1 Å². The molecular weight excluding hydrogens is 324 g/mol. The summed E-state index contributed by atoms with van der Waals surface area (Å²) in [6.07, 6.45) is 5.57. The van der Waals surface area contributed by atoms with E-state index in [1.165, 1.54) is 6.42 Å². The number of fused-ring (bicyclic) bond motifs is 1. The van der Waals surface area contributed by atoms with Crippen LogP contribution in [0.2, 0.25) is 0 Å². The molecular formula is C21H24N4O. The molecule has 2 aromatic carbocycles. The number of benzene rings is 2. The largest absolute Gasteiger partial charge is 0.386 e. The van der Waals surface area contributed by atoms with Gasteiger partial charge in [0.1, 0.15) is 11.3 Å². The highest BCUT2D eigenvalue weighted by molar-refractivity contribution is 5.94. The van der Waals surface area contributed by atoms with Crippen molar-refractivity contribution in [3.63, 3.8) is 0 Å². The number of aromatic amines is 1. The molecule has 0 aliphatic heterocycles. The minimum absolute atomic E-state index is 0.143.